The number of carbonyl (C=O) groups is 1. The minimum Gasteiger partial charge on any atom is -0.425 e. The van der Waals surface area contributed by atoms with E-state index in [4.69, 9.17) is 16.3 Å². The maximum Gasteiger partial charge on any atom is 0.308 e. The summed E-state index contributed by atoms with van der Waals surface area (Å²) < 4.78 is 5.01. The van der Waals surface area contributed by atoms with Gasteiger partial charge in [-0.15, -0.1) is 11.8 Å². The van der Waals surface area contributed by atoms with Gasteiger partial charge in [-0.25, -0.2) is 0 Å². The van der Waals surface area contributed by atoms with E-state index in [1.807, 2.05) is 23.9 Å². The summed E-state index contributed by atoms with van der Waals surface area (Å²) in [6, 6.07) is 5.58. The maximum absolute atomic E-state index is 10.9. The monoisotopic (exact) mass is 296 g/mol. The first-order valence-electron chi connectivity index (χ1n) is 6.36. The molecule has 0 N–H and O–H groups in total. The molecule has 1 aromatic rings. The second kappa shape index (κ2) is 6.49. The van der Waals surface area contributed by atoms with Crippen molar-refractivity contribution in [1.82, 2.24) is 0 Å². The molecule has 0 aliphatic heterocycles. The van der Waals surface area contributed by atoms with E-state index >= 15 is 0 Å². The third-order valence-corrected chi connectivity index (χ3v) is 4.73. The van der Waals surface area contributed by atoms with Crippen LogP contribution in [0.5, 0.6) is 5.75 Å². The molecular weight excluding hydrogens is 280 g/mol. The highest BCUT2D eigenvalue weighted by molar-refractivity contribution is 8.00. The van der Waals surface area contributed by atoms with Crippen molar-refractivity contribution in [3.05, 3.63) is 35.4 Å². The van der Waals surface area contributed by atoms with E-state index in [9.17, 15) is 4.79 Å². The number of allylic oxidation sites excluding steroid dienone is 1. The van der Waals surface area contributed by atoms with Gasteiger partial charge >= 0.3 is 5.97 Å². The van der Waals surface area contributed by atoms with Crippen molar-refractivity contribution in [2.24, 2.45) is 0 Å². The molecule has 2 nitrogen and oxygen atoms in total. The molecule has 0 unspecified atom stereocenters. The highest BCUT2D eigenvalue weighted by Gasteiger charge is 2.17. The molecule has 1 aromatic carbocycles. The number of rotatable bonds is 3. The number of ether oxygens (including phenoxy) is 1. The molecule has 0 saturated heterocycles. The van der Waals surface area contributed by atoms with Crippen molar-refractivity contribution in [3.8, 4) is 5.75 Å². The van der Waals surface area contributed by atoms with Crippen molar-refractivity contribution in [3.63, 3.8) is 0 Å². The molecule has 0 atom stereocenters. The van der Waals surface area contributed by atoms with Crippen LogP contribution in [-0.4, -0.2) is 11.2 Å². The fourth-order valence-corrected chi connectivity index (χ4v) is 3.57. The van der Waals surface area contributed by atoms with Crippen LogP contribution in [0.3, 0.4) is 0 Å². The zero-order valence-corrected chi connectivity index (χ0v) is 12.5. The van der Waals surface area contributed by atoms with Gasteiger partial charge in [0.05, 0.1) is 5.02 Å². The first kappa shape index (κ1) is 14.5. The molecule has 0 bridgehead atoms. The third-order valence-electron chi connectivity index (χ3n) is 3.10. The summed E-state index contributed by atoms with van der Waals surface area (Å²) in [6.45, 7) is 5.40. The predicted molar refractivity (Wildman–Crippen MR) is 80.0 cm³/mol. The molecule has 0 spiro atoms. The molecular formula is C15H17ClO2S. The van der Waals surface area contributed by atoms with Crippen LogP contribution in [0.25, 0.3) is 0 Å². The Morgan fingerprint density at radius 3 is 2.68 bits per heavy atom. The second-order valence-electron chi connectivity index (χ2n) is 4.75. The van der Waals surface area contributed by atoms with Crippen LogP contribution in [0.2, 0.25) is 5.02 Å². The van der Waals surface area contributed by atoms with Gasteiger partial charge in [-0.2, -0.15) is 0 Å². The molecule has 102 valence electrons. The molecule has 0 heterocycles. The number of hydrogen-bond donors (Lipinski definition) is 0. The van der Waals surface area contributed by atoms with Gasteiger partial charge in [0.1, 0.15) is 5.75 Å². The Morgan fingerprint density at radius 1 is 1.42 bits per heavy atom. The van der Waals surface area contributed by atoms with Crippen LogP contribution in [0.4, 0.5) is 0 Å². The first-order chi connectivity index (χ1) is 9.04. The normalized spacial score (nSPS) is 16.4. The minimum absolute atomic E-state index is 0.354. The minimum atomic E-state index is -0.354. The number of halogens is 1. The molecule has 19 heavy (non-hydrogen) atoms. The summed E-state index contributed by atoms with van der Waals surface area (Å²) >= 11 is 7.95. The molecule has 0 amide bonds. The van der Waals surface area contributed by atoms with Crippen LogP contribution >= 0.6 is 23.4 Å². The van der Waals surface area contributed by atoms with Crippen molar-refractivity contribution >= 4 is 29.3 Å². The average molecular weight is 297 g/mol. The molecule has 0 aromatic heterocycles. The average Bonchev–Trinajstić information content (AvgIpc) is 2.35. The molecule has 1 fully saturated rings. The Labute approximate surface area is 123 Å². The molecule has 1 aliphatic rings. The standard InChI is InChI=1S/C15H17ClO2S/c1-10-3-5-12(6-4-10)19-13-7-8-15(14(16)9-13)18-11(2)17/h7-9,12H,1,3-6H2,2H3. The lowest BCUT2D eigenvalue weighted by Gasteiger charge is -2.22. The molecule has 0 radical (unpaired) electrons. The van der Waals surface area contributed by atoms with Gasteiger partial charge in [-0.1, -0.05) is 23.8 Å². The topological polar surface area (TPSA) is 26.3 Å². The van der Waals surface area contributed by atoms with Gasteiger partial charge in [-0.05, 0) is 43.9 Å². The zero-order chi connectivity index (χ0) is 13.8. The zero-order valence-electron chi connectivity index (χ0n) is 10.9. The Balaban J connectivity index is 1.99. The van der Waals surface area contributed by atoms with Gasteiger partial charge in [0.25, 0.3) is 0 Å². The Hall–Kier alpha value is -0.930. The van der Waals surface area contributed by atoms with E-state index in [1.165, 1.54) is 25.3 Å². The summed E-state index contributed by atoms with van der Waals surface area (Å²) in [5.41, 5.74) is 1.36. The lowest BCUT2D eigenvalue weighted by molar-refractivity contribution is -0.131. The predicted octanol–water partition coefficient (Wildman–Crippen LogP) is 4.86. The van der Waals surface area contributed by atoms with Crippen molar-refractivity contribution < 1.29 is 9.53 Å². The summed E-state index contributed by atoms with van der Waals surface area (Å²) in [5.74, 6) is 0.0728. The quantitative estimate of drug-likeness (QED) is 0.453. The maximum atomic E-state index is 10.9. The van der Waals surface area contributed by atoms with Crippen molar-refractivity contribution in [2.45, 2.75) is 42.8 Å². The summed E-state index contributed by atoms with van der Waals surface area (Å²) in [4.78, 5) is 12.0. The number of benzene rings is 1. The van der Waals surface area contributed by atoms with E-state index in [2.05, 4.69) is 6.58 Å². The van der Waals surface area contributed by atoms with Crippen LogP contribution in [0.1, 0.15) is 32.6 Å². The van der Waals surface area contributed by atoms with Gasteiger partial charge < -0.3 is 4.74 Å². The van der Waals surface area contributed by atoms with Crippen LogP contribution in [0, 0.1) is 0 Å². The first-order valence-corrected chi connectivity index (χ1v) is 7.61. The van der Waals surface area contributed by atoms with Gasteiger partial charge in [-0.3, -0.25) is 4.79 Å². The molecule has 1 aliphatic carbocycles. The van der Waals surface area contributed by atoms with E-state index in [1.54, 1.807) is 6.07 Å². The van der Waals surface area contributed by atoms with Crippen LogP contribution in [0.15, 0.2) is 35.2 Å². The number of thioether (sulfide) groups is 1. The third kappa shape index (κ3) is 4.29. The Morgan fingerprint density at radius 2 is 2.11 bits per heavy atom. The highest BCUT2D eigenvalue weighted by atomic mass is 35.5. The van der Waals surface area contributed by atoms with Gasteiger partial charge in [0.15, 0.2) is 0 Å². The van der Waals surface area contributed by atoms with Gasteiger partial charge in [0, 0.05) is 17.1 Å². The van der Waals surface area contributed by atoms with Crippen molar-refractivity contribution in [1.29, 1.82) is 0 Å². The van der Waals surface area contributed by atoms with E-state index < -0.39 is 0 Å². The number of carbonyl (C=O) groups excluding carboxylic acids is 1. The number of hydrogen-bond acceptors (Lipinski definition) is 3. The molecule has 2 rings (SSSR count). The van der Waals surface area contributed by atoms with Crippen LogP contribution in [-0.2, 0) is 4.79 Å². The van der Waals surface area contributed by atoms with E-state index in [-0.39, 0.29) is 5.97 Å². The van der Waals surface area contributed by atoms with Gasteiger partial charge in [0.2, 0.25) is 0 Å². The highest BCUT2D eigenvalue weighted by Crippen LogP contribution is 2.37. The summed E-state index contributed by atoms with van der Waals surface area (Å²) in [7, 11) is 0. The summed E-state index contributed by atoms with van der Waals surface area (Å²) in [5, 5.41) is 1.11. The molecule has 1 saturated carbocycles. The Kier molecular flexibility index (Phi) is 4.94. The Bertz CT molecular complexity index is 489. The fourth-order valence-electron chi connectivity index (χ4n) is 2.10. The van der Waals surface area contributed by atoms with E-state index in [0.717, 1.165) is 17.7 Å². The molecule has 4 heteroatoms. The lowest BCUT2D eigenvalue weighted by Crippen LogP contribution is -2.09. The fraction of sp³-hybridized carbons (Fsp3) is 0.400. The van der Waals surface area contributed by atoms with Crippen LogP contribution < -0.4 is 4.74 Å². The second-order valence-corrected chi connectivity index (χ2v) is 6.53. The lowest BCUT2D eigenvalue weighted by atomic mass is 9.96. The summed E-state index contributed by atoms with van der Waals surface area (Å²) in [6.07, 6.45) is 4.59. The smallest absolute Gasteiger partial charge is 0.308 e. The van der Waals surface area contributed by atoms with E-state index in [0.29, 0.717) is 16.0 Å². The largest absolute Gasteiger partial charge is 0.425 e. The SMILES string of the molecule is C=C1CCC(Sc2ccc(OC(C)=O)c(Cl)c2)CC1. The van der Waals surface area contributed by atoms with Crippen molar-refractivity contribution in [2.75, 3.05) is 0 Å². The number of esters is 1.